The average molecular weight is 281 g/mol. The van der Waals surface area contributed by atoms with Crippen molar-refractivity contribution >= 4 is 6.03 Å². The molecule has 2 amide bonds. The molecule has 1 saturated heterocycles. The zero-order valence-corrected chi connectivity index (χ0v) is 13.2. The lowest BCUT2D eigenvalue weighted by Crippen LogP contribution is -2.61. The van der Waals surface area contributed by atoms with Gasteiger partial charge < -0.3 is 15.5 Å². The lowest BCUT2D eigenvalue weighted by molar-refractivity contribution is 0.0527. The minimum Gasteiger partial charge on any atom is -0.328 e. The van der Waals surface area contributed by atoms with Crippen molar-refractivity contribution in [2.45, 2.75) is 64.3 Å². The smallest absolute Gasteiger partial charge is 0.320 e. The molecule has 2 fully saturated rings. The van der Waals surface area contributed by atoms with E-state index in [-0.39, 0.29) is 11.6 Å². The van der Waals surface area contributed by atoms with Crippen molar-refractivity contribution in [1.29, 1.82) is 0 Å². The Morgan fingerprint density at radius 2 is 1.85 bits per heavy atom. The monoisotopic (exact) mass is 281 g/mol. The average Bonchev–Trinajstić information content (AvgIpc) is 2.51. The maximum absolute atomic E-state index is 12.9. The number of amides is 2. The SMILES string of the molecule is CCN(C(=O)N1CCCCC1)C1(CN)CCC(C)CC1. The van der Waals surface area contributed by atoms with E-state index in [0.717, 1.165) is 51.2 Å². The van der Waals surface area contributed by atoms with Crippen LogP contribution in [0.1, 0.15) is 58.8 Å². The summed E-state index contributed by atoms with van der Waals surface area (Å²) < 4.78 is 0. The highest BCUT2D eigenvalue weighted by atomic mass is 16.2. The molecular weight excluding hydrogens is 250 g/mol. The first-order valence-electron chi connectivity index (χ1n) is 8.39. The molecule has 20 heavy (non-hydrogen) atoms. The van der Waals surface area contributed by atoms with Crippen molar-refractivity contribution in [3.05, 3.63) is 0 Å². The van der Waals surface area contributed by atoms with Gasteiger partial charge in [-0.05, 0) is 57.8 Å². The Kier molecular flexibility index (Phi) is 5.30. The van der Waals surface area contributed by atoms with Gasteiger partial charge in [0.15, 0.2) is 0 Å². The number of likely N-dealkylation sites (N-methyl/N-ethyl adjacent to an activating group) is 1. The molecule has 4 nitrogen and oxygen atoms in total. The van der Waals surface area contributed by atoms with Crippen molar-refractivity contribution in [1.82, 2.24) is 9.80 Å². The first kappa shape index (κ1) is 15.6. The number of rotatable bonds is 3. The summed E-state index contributed by atoms with van der Waals surface area (Å²) in [5.41, 5.74) is 6.03. The van der Waals surface area contributed by atoms with E-state index in [4.69, 9.17) is 5.73 Å². The van der Waals surface area contributed by atoms with E-state index in [9.17, 15) is 4.79 Å². The zero-order valence-electron chi connectivity index (χ0n) is 13.2. The van der Waals surface area contributed by atoms with Gasteiger partial charge in [0.25, 0.3) is 0 Å². The van der Waals surface area contributed by atoms with E-state index in [1.54, 1.807) is 0 Å². The molecule has 1 saturated carbocycles. The van der Waals surface area contributed by atoms with Crippen LogP contribution in [0.4, 0.5) is 4.79 Å². The van der Waals surface area contributed by atoms with Crippen LogP contribution in [0.5, 0.6) is 0 Å². The molecule has 0 aromatic carbocycles. The molecule has 1 aliphatic carbocycles. The number of likely N-dealkylation sites (tertiary alicyclic amines) is 1. The highest BCUT2D eigenvalue weighted by Gasteiger charge is 2.41. The summed E-state index contributed by atoms with van der Waals surface area (Å²) in [5, 5.41) is 0. The standard InChI is InChI=1S/C16H31N3O/c1-3-19(15(20)18-11-5-4-6-12-18)16(13-17)9-7-14(2)8-10-16/h14H,3-13,17H2,1-2H3. The molecule has 0 aromatic rings. The van der Waals surface area contributed by atoms with Gasteiger partial charge in [0.1, 0.15) is 0 Å². The maximum atomic E-state index is 12.9. The van der Waals surface area contributed by atoms with Gasteiger partial charge in [-0.1, -0.05) is 6.92 Å². The summed E-state index contributed by atoms with van der Waals surface area (Å²) >= 11 is 0. The molecule has 0 aromatic heterocycles. The third-order valence-corrected chi connectivity index (χ3v) is 5.33. The fourth-order valence-electron chi connectivity index (χ4n) is 3.81. The minimum absolute atomic E-state index is 0.0875. The second-order valence-corrected chi connectivity index (χ2v) is 6.69. The second kappa shape index (κ2) is 6.79. The van der Waals surface area contributed by atoms with Gasteiger partial charge in [-0.25, -0.2) is 4.79 Å². The van der Waals surface area contributed by atoms with E-state index in [2.05, 4.69) is 18.7 Å². The normalized spacial score (nSPS) is 31.1. The van der Waals surface area contributed by atoms with Gasteiger partial charge in [0, 0.05) is 26.2 Å². The zero-order chi connectivity index (χ0) is 14.6. The fraction of sp³-hybridized carbons (Fsp3) is 0.938. The van der Waals surface area contributed by atoms with Crippen LogP contribution in [0.3, 0.4) is 0 Å². The molecule has 2 aliphatic rings. The van der Waals surface area contributed by atoms with Gasteiger partial charge in [-0.15, -0.1) is 0 Å². The van der Waals surface area contributed by atoms with Crippen LogP contribution >= 0.6 is 0 Å². The number of hydrogen-bond donors (Lipinski definition) is 1. The maximum Gasteiger partial charge on any atom is 0.320 e. The Morgan fingerprint density at radius 3 is 2.35 bits per heavy atom. The summed E-state index contributed by atoms with van der Waals surface area (Å²) in [5.74, 6) is 0.776. The summed E-state index contributed by atoms with van der Waals surface area (Å²) in [6.45, 7) is 7.63. The van der Waals surface area contributed by atoms with Crippen LogP contribution in [0.15, 0.2) is 0 Å². The van der Waals surface area contributed by atoms with Gasteiger partial charge in [-0.3, -0.25) is 0 Å². The summed E-state index contributed by atoms with van der Waals surface area (Å²) in [4.78, 5) is 17.0. The van der Waals surface area contributed by atoms with Gasteiger partial charge in [0.05, 0.1) is 5.54 Å². The summed E-state index contributed by atoms with van der Waals surface area (Å²) in [7, 11) is 0. The minimum atomic E-state index is -0.0875. The molecule has 116 valence electrons. The highest BCUT2D eigenvalue weighted by molar-refractivity contribution is 5.75. The quantitative estimate of drug-likeness (QED) is 0.865. The third-order valence-electron chi connectivity index (χ3n) is 5.33. The molecule has 0 radical (unpaired) electrons. The van der Waals surface area contributed by atoms with E-state index in [0.29, 0.717) is 6.54 Å². The molecule has 0 unspecified atom stereocenters. The number of nitrogens with zero attached hydrogens (tertiary/aromatic N) is 2. The number of hydrogen-bond acceptors (Lipinski definition) is 2. The molecular formula is C16H31N3O. The Balaban J connectivity index is 2.10. The number of carbonyl (C=O) groups is 1. The first-order valence-corrected chi connectivity index (χ1v) is 8.39. The van der Waals surface area contributed by atoms with Gasteiger partial charge in [0.2, 0.25) is 0 Å². The molecule has 2 N–H and O–H groups in total. The Bertz CT molecular complexity index is 318. The van der Waals surface area contributed by atoms with Crippen LogP contribution in [0.25, 0.3) is 0 Å². The summed E-state index contributed by atoms with van der Waals surface area (Å²) in [6, 6.07) is 0.229. The Hall–Kier alpha value is -0.770. The topological polar surface area (TPSA) is 49.6 Å². The van der Waals surface area contributed by atoms with Crippen LogP contribution in [0, 0.1) is 5.92 Å². The van der Waals surface area contributed by atoms with Crippen molar-refractivity contribution in [3.8, 4) is 0 Å². The third kappa shape index (κ3) is 3.11. The Labute approximate surface area is 123 Å². The fourth-order valence-corrected chi connectivity index (χ4v) is 3.81. The Morgan fingerprint density at radius 1 is 1.25 bits per heavy atom. The predicted octanol–water partition coefficient (Wildman–Crippen LogP) is 2.82. The predicted molar refractivity (Wildman–Crippen MR) is 82.6 cm³/mol. The highest BCUT2D eigenvalue weighted by Crippen LogP contribution is 2.36. The second-order valence-electron chi connectivity index (χ2n) is 6.69. The van der Waals surface area contributed by atoms with E-state index in [1.165, 1.54) is 19.3 Å². The number of piperidine rings is 1. The van der Waals surface area contributed by atoms with Crippen LogP contribution in [-0.4, -0.2) is 47.5 Å². The van der Waals surface area contributed by atoms with Crippen LogP contribution in [-0.2, 0) is 0 Å². The first-order chi connectivity index (χ1) is 9.63. The van der Waals surface area contributed by atoms with E-state index >= 15 is 0 Å². The molecule has 1 heterocycles. The number of nitrogens with two attached hydrogens (primary N) is 1. The molecule has 1 aliphatic heterocycles. The van der Waals surface area contributed by atoms with Crippen molar-refractivity contribution in [2.24, 2.45) is 11.7 Å². The number of carbonyl (C=O) groups excluding carboxylic acids is 1. The van der Waals surface area contributed by atoms with Crippen LogP contribution < -0.4 is 5.73 Å². The van der Waals surface area contributed by atoms with E-state index < -0.39 is 0 Å². The summed E-state index contributed by atoms with van der Waals surface area (Å²) in [6.07, 6.45) is 8.08. The molecule has 0 atom stereocenters. The van der Waals surface area contributed by atoms with E-state index in [1.807, 2.05) is 4.90 Å². The molecule has 2 rings (SSSR count). The van der Waals surface area contributed by atoms with Gasteiger partial charge in [-0.2, -0.15) is 0 Å². The molecule has 0 spiro atoms. The number of urea groups is 1. The largest absolute Gasteiger partial charge is 0.328 e. The lowest BCUT2D eigenvalue weighted by atomic mass is 9.76. The van der Waals surface area contributed by atoms with Gasteiger partial charge >= 0.3 is 6.03 Å². The van der Waals surface area contributed by atoms with Crippen molar-refractivity contribution < 1.29 is 4.79 Å². The van der Waals surface area contributed by atoms with Crippen molar-refractivity contribution in [3.63, 3.8) is 0 Å². The molecule has 0 bridgehead atoms. The lowest BCUT2D eigenvalue weighted by Gasteiger charge is -2.48. The molecule has 4 heteroatoms. The van der Waals surface area contributed by atoms with Crippen LogP contribution in [0.2, 0.25) is 0 Å². The van der Waals surface area contributed by atoms with Crippen molar-refractivity contribution in [2.75, 3.05) is 26.2 Å².